The van der Waals surface area contributed by atoms with Gasteiger partial charge < -0.3 is 10.7 Å². The maximum atomic E-state index is 5.58. The zero-order valence-corrected chi connectivity index (χ0v) is 14.3. The van der Waals surface area contributed by atoms with E-state index in [9.17, 15) is 0 Å². The molecule has 0 bridgehead atoms. The van der Waals surface area contributed by atoms with Gasteiger partial charge in [-0.2, -0.15) is 0 Å². The van der Waals surface area contributed by atoms with E-state index in [1.807, 2.05) is 18.5 Å². The van der Waals surface area contributed by atoms with Crippen LogP contribution < -0.4 is 5.73 Å². The molecule has 5 nitrogen and oxygen atoms in total. The van der Waals surface area contributed by atoms with Crippen molar-refractivity contribution >= 4 is 16.9 Å². The van der Waals surface area contributed by atoms with Gasteiger partial charge in [0.1, 0.15) is 0 Å². The zero-order valence-electron chi connectivity index (χ0n) is 14.3. The highest BCUT2D eigenvalue weighted by Gasteiger charge is 2.41. The quantitative estimate of drug-likeness (QED) is 0.588. The topological polar surface area (TPSA) is 80.5 Å². The van der Waals surface area contributed by atoms with Crippen molar-refractivity contribution in [3.8, 4) is 11.1 Å². The van der Waals surface area contributed by atoms with Crippen LogP contribution in [0.2, 0.25) is 0 Å². The Labute approximate surface area is 151 Å². The minimum atomic E-state index is 0.0808. The third-order valence-electron chi connectivity index (χ3n) is 5.65. The second-order valence-electron chi connectivity index (χ2n) is 6.97. The molecule has 3 N–H and O–H groups in total. The summed E-state index contributed by atoms with van der Waals surface area (Å²) in [5.74, 6) is 0.298. The fourth-order valence-corrected chi connectivity index (χ4v) is 4.07. The predicted octanol–water partition coefficient (Wildman–Crippen LogP) is 4.07. The van der Waals surface area contributed by atoms with Crippen molar-refractivity contribution in [2.75, 3.05) is 5.73 Å². The number of hydrogen-bond acceptors (Lipinski definition) is 4. The molecule has 3 aromatic heterocycles. The number of aromatic amines is 1. The number of pyridine rings is 1. The number of nitrogens with two attached hydrogens (primary N) is 1. The van der Waals surface area contributed by atoms with E-state index in [1.54, 1.807) is 12.4 Å². The number of rotatable bonds is 3. The first kappa shape index (κ1) is 15.1. The van der Waals surface area contributed by atoms with E-state index in [-0.39, 0.29) is 5.41 Å². The van der Waals surface area contributed by atoms with Crippen molar-refractivity contribution in [1.29, 1.82) is 0 Å². The van der Waals surface area contributed by atoms with Crippen molar-refractivity contribution in [1.82, 2.24) is 19.9 Å². The van der Waals surface area contributed by atoms with Crippen LogP contribution in [0.1, 0.15) is 30.4 Å². The van der Waals surface area contributed by atoms with Gasteiger partial charge in [-0.3, -0.25) is 4.98 Å². The second-order valence-corrected chi connectivity index (χ2v) is 6.97. The first-order chi connectivity index (χ1) is 12.8. The molecular weight excluding hydrogens is 322 g/mol. The molecule has 26 heavy (non-hydrogen) atoms. The highest BCUT2D eigenvalue weighted by molar-refractivity contribution is 5.84. The summed E-state index contributed by atoms with van der Waals surface area (Å²) in [7, 11) is 0. The highest BCUT2D eigenvalue weighted by atomic mass is 15.0. The Kier molecular flexibility index (Phi) is 3.28. The minimum Gasteiger partial charge on any atom is -0.368 e. The number of nitrogens with zero attached hydrogens (tertiary/aromatic N) is 3. The average Bonchev–Trinajstić information content (AvgIpc) is 3.07. The minimum absolute atomic E-state index is 0.0808. The lowest BCUT2D eigenvalue weighted by Crippen LogP contribution is -2.35. The van der Waals surface area contributed by atoms with Crippen LogP contribution in [0.25, 0.3) is 22.0 Å². The number of nitrogen functional groups attached to an aromatic ring is 1. The smallest absolute Gasteiger partial charge is 0.219 e. The van der Waals surface area contributed by atoms with Gasteiger partial charge in [-0.1, -0.05) is 30.7 Å². The first-order valence-electron chi connectivity index (χ1n) is 8.86. The van der Waals surface area contributed by atoms with Crippen molar-refractivity contribution in [3.05, 3.63) is 72.4 Å². The van der Waals surface area contributed by atoms with Crippen LogP contribution in [-0.2, 0) is 5.41 Å². The fraction of sp³-hybridized carbons (Fsp3) is 0.190. The molecule has 0 saturated heterocycles. The Balaban J connectivity index is 1.56. The Morgan fingerprint density at radius 2 is 1.69 bits per heavy atom. The molecule has 0 unspecified atom stereocenters. The first-order valence-corrected chi connectivity index (χ1v) is 8.86. The van der Waals surface area contributed by atoms with Crippen LogP contribution in [0.5, 0.6) is 0 Å². The monoisotopic (exact) mass is 341 g/mol. The van der Waals surface area contributed by atoms with Gasteiger partial charge in [-0.15, -0.1) is 0 Å². The number of hydrogen-bond donors (Lipinski definition) is 2. The van der Waals surface area contributed by atoms with Crippen molar-refractivity contribution in [2.24, 2.45) is 0 Å². The molecule has 1 aliphatic carbocycles. The van der Waals surface area contributed by atoms with Crippen LogP contribution in [-0.4, -0.2) is 19.9 Å². The standard InChI is InChI=1S/C21H19N5/c22-20-25-10-15(11-26-20)14-2-4-16(5-3-14)21(7-1-8-21)18-13-24-19-6-9-23-12-17(18)19/h2-6,9-13,24H,1,7-8H2,(H2,22,25,26). The molecule has 0 atom stereocenters. The summed E-state index contributed by atoms with van der Waals surface area (Å²) in [6.45, 7) is 0. The van der Waals surface area contributed by atoms with Crippen LogP contribution in [0.4, 0.5) is 5.95 Å². The molecule has 5 rings (SSSR count). The summed E-state index contributed by atoms with van der Waals surface area (Å²) in [5, 5.41) is 1.23. The number of H-pyrrole nitrogens is 1. The highest BCUT2D eigenvalue weighted by Crippen LogP contribution is 2.51. The van der Waals surface area contributed by atoms with Gasteiger partial charge >= 0.3 is 0 Å². The average molecular weight is 341 g/mol. The van der Waals surface area contributed by atoms with E-state index in [4.69, 9.17) is 5.73 Å². The lowest BCUT2D eigenvalue weighted by atomic mass is 9.60. The third kappa shape index (κ3) is 2.20. The molecule has 1 aliphatic rings. The Bertz CT molecular complexity index is 1060. The molecule has 3 heterocycles. The molecule has 0 aliphatic heterocycles. The maximum Gasteiger partial charge on any atom is 0.219 e. The molecular formula is C21H19N5. The van der Waals surface area contributed by atoms with E-state index in [2.05, 4.69) is 50.4 Å². The lowest BCUT2D eigenvalue weighted by molar-refractivity contribution is 0.304. The van der Waals surface area contributed by atoms with Crippen LogP contribution >= 0.6 is 0 Å². The molecule has 4 aromatic rings. The molecule has 1 saturated carbocycles. The number of anilines is 1. The zero-order chi connectivity index (χ0) is 17.6. The Morgan fingerprint density at radius 1 is 0.923 bits per heavy atom. The van der Waals surface area contributed by atoms with Gasteiger partial charge in [-0.25, -0.2) is 9.97 Å². The van der Waals surface area contributed by atoms with E-state index in [1.165, 1.54) is 35.8 Å². The van der Waals surface area contributed by atoms with Gasteiger partial charge in [0.2, 0.25) is 5.95 Å². The van der Waals surface area contributed by atoms with E-state index in [0.29, 0.717) is 5.95 Å². The van der Waals surface area contributed by atoms with Gasteiger partial charge in [0.15, 0.2) is 0 Å². The van der Waals surface area contributed by atoms with E-state index >= 15 is 0 Å². The summed E-state index contributed by atoms with van der Waals surface area (Å²) in [5.41, 5.74) is 11.6. The van der Waals surface area contributed by atoms with E-state index in [0.717, 1.165) is 16.6 Å². The molecule has 128 valence electrons. The number of fused-ring (bicyclic) bond motifs is 1. The summed E-state index contributed by atoms with van der Waals surface area (Å²) in [6.07, 6.45) is 13.1. The molecule has 1 fully saturated rings. The largest absolute Gasteiger partial charge is 0.368 e. The number of benzene rings is 1. The molecule has 5 heteroatoms. The molecule has 0 radical (unpaired) electrons. The van der Waals surface area contributed by atoms with Gasteiger partial charge in [0, 0.05) is 52.9 Å². The SMILES string of the molecule is Nc1ncc(-c2ccc(C3(c4c[nH]c5ccncc45)CCC3)cc2)cn1. The Hall–Kier alpha value is -3.21. The second kappa shape index (κ2) is 5.66. The summed E-state index contributed by atoms with van der Waals surface area (Å²) in [6, 6.07) is 10.8. The number of aromatic nitrogens is 4. The van der Waals surface area contributed by atoms with Crippen molar-refractivity contribution < 1.29 is 0 Å². The van der Waals surface area contributed by atoms with Crippen LogP contribution in [0, 0.1) is 0 Å². The van der Waals surface area contributed by atoms with Crippen molar-refractivity contribution in [3.63, 3.8) is 0 Å². The van der Waals surface area contributed by atoms with E-state index < -0.39 is 0 Å². The maximum absolute atomic E-state index is 5.58. The van der Waals surface area contributed by atoms with Gasteiger partial charge in [-0.05, 0) is 35.6 Å². The lowest BCUT2D eigenvalue weighted by Gasteiger charge is -2.42. The number of nitrogens with one attached hydrogen (secondary N) is 1. The Morgan fingerprint density at radius 3 is 2.38 bits per heavy atom. The summed E-state index contributed by atoms with van der Waals surface area (Å²) in [4.78, 5) is 15.9. The molecule has 0 spiro atoms. The van der Waals surface area contributed by atoms with Crippen LogP contribution in [0.15, 0.2) is 61.3 Å². The van der Waals surface area contributed by atoms with Gasteiger partial charge in [0.25, 0.3) is 0 Å². The molecule has 1 aromatic carbocycles. The predicted molar refractivity (Wildman–Crippen MR) is 103 cm³/mol. The van der Waals surface area contributed by atoms with Crippen LogP contribution in [0.3, 0.4) is 0 Å². The van der Waals surface area contributed by atoms with Crippen molar-refractivity contribution in [2.45, 2.75) is 24.7 Å². The normalized spacial score (nSPS) is 15.7. The molecule has 0 amide bonds. The summed E-state index contributed by atoms with van der Waals surface area (Å²) < 4.78 is 0. The third-order valence-corrected chi connectivity index (χ3v) is 5.65. The fourth-order valence-electron chi connectivity index (χ4n) is 4.07. The van der Waals surface area contributed by atoms with Gasteiger partial charge in [0.05, 0.1) is 0 Å². The summed E-state index contributed by atoms with van der Waals surface area (Å²) >= 11 is 0.